The van der Waals surface area contributed by atoms with Gasteiger partial charge in [-0.15, -0.1) is 23.1 Å². The van der Waals surface area contributed by atoms with Crippen LogP contribution in [0.15, 0.2) is 34.5 Å². The minimum atomic E-state index is -4.66. The topological polar surface area (TPSA) is 79.4 Å². The number of alkyl halides is 3. The second-order valence-corrected chi connectivity index (χ2v) is 9.96. The lowest BCUT2D eigenvalue weighted by molar-refractivity contribution is -0.137. The first-order valence-corrected chi connectivity index (χ1v) is 11.5. The van der Waals surface area contributed by atoms with Gasteiger partial charge < -0.3 is 5.32 Å². The number of carbonyl (C=O) groups excluding carboxylic acids is 1. The van der Waals surface area contributed by atoms with E-state index in [4.69, 9.17) is 0 Å². The van der Waals surface area contributed by atoms with E-state index in [0.717, 1.165) is 27.5 Å². The molecule has 1 aliphatic heterocycles. The zero-order valence-corrected chi connectivity index (χ0v) is 17.0. The van der Waals surface area contributed by atoms with Crippen molar-refractivity contribution < 1.29 is 26.4 Å². The van der Waals surface area contributed by atoms with Crippen molar-refractivity contribution in [2.75, 3.05) is 11.6 Å². The molecule has 1 fully saturated rings. The van der Waals surface area contributed by atoms with Gasteiger partial charge in [0.05, 0.1) is 33.6 Å². The molecule has 0 radical (unpaired) electrons. The highest BCUT2D eigenvalue weighted by molar-refractivity contribution is 8.00. The first kappa shape index (κ1) is 21.1. The third kappa shape index (κ3) is 4.50. The van der Waals surface area contributed by atoms with E-state index >= 15 is 0 Å². The van der Waals surface area contributed by atoms with E-state index in [9.17, 15) is 26.4 Å². The Morgan fingerprint density at radius 1 is 1.39 bits per heavy atom. The van der Waals surface area contributed by atoms with Gasteiger partial charge in [-0.25, -0.2) is 13.4 Å². The van der Waals surface area contributed by atoms with Crippen LogP contribution in [0, 0.1) is 6.92 Å². The number of aromatic nitrogens is 1. The highest BCUT2D eigenvalue weighted by atomic mass is 32.2. The van der Waals surface area contributed by atoms with Gasteiger partial charge in [-0.1, -0.05) is 6.07 Å². The van der Waals surface area contributed by atoms with Gasteiger partial charge in [-0.05, 0) is 25.1 Å². The molecular formula is C16H16F3N3O3S3. The molecule has 2 aromatic rings. The average molecular weight is 452 g/mol. The molecule has 0 bridgehead atoms. The Morgan fingerprint density at radius 3 is 2.79 bits per heavy atom. The monoisotopic (exact) mass is 451 g/mol. The zero-order chi connectivity index (χ0) is 20.5. The van der Waals surface area contributed by atoms with Crippen molar-refractivity contribution >= 4 is 39.0 Å². The lowest BCUT2D eigenvalue weighted by Crippen LogP contribution is -2.47. The Hall–Kier alpha value is -1.63. The molecule has 3 rings (SSSR count). The average Bonchev–Trinajstić information content (AvgIpc) is 3.28. The lowest BCUT2D eigenvalue weighted by Gasteiger charge is -2.23. The maximum Gasteiger partial charge on any atom is 0.416 e. The third-order valence-corrected chi connectivity index (χ3v) is 7.87. The van der Waals surface area contributed by atoms with Crippen molar-refractivity contribution in [1.29, 1.82) is 0 Å². The molecule has 0 aliphatic carbocycles. The summed E-state index contributed by atoms with van der Waals surface area (Å²) < 4.78 is 65.4. The third-order valence-electron chi connectivity index (χ3n) is 4.02. The van der Waals surface area contributed by atoms with Crippen LogP contribution in [0.5, 0.6) is 0 Å². The van der Waals surface area contributed by atoms with Gasteiger partial charge in [0.25, 0.3) is 0 Å². The minimum absolute atomic E-state index is 0.00747. The Balaban J connectivity index is 1.78. The molecule has 1 atom stereocenters. The molecule has 12 heteroatoms. The molecule has 6 nitrogen and oxygen atoms in total. The summed E-state index contributed by atoms with van der Waals surface area (Å²) in [6.45, 7) is 1.98. The van der Waals surface area contributed by atoms with E-state index in [1.807, 2.05) is 6.92 Å². The summed E-state index contributed by atoms with van der Waals surface area (Å²) in [7, 11) is -4.26. The Labute approximate surface area is 168 Å². The summed E-state index contributed by atoms with van der Waals surface area (Å²) in [5, 5.41) is 5.28. The van der Waals surface area contributed by atoms with Gasteiger partial charge in [-0.2, -0.15) is 17.5 Å². The van der Waals surface area contributed by atoms with Crippen molar-refractivity contribution in [3.8, 4) is 0 Å². The van der Waals surface area contributed by atoms with E-state index in [2.05, 4.69) is 10.3 Å². The van der Waals surface area contributed by atoms with E-state index in [1.165, 1.54) is 23.1 Å². The normalized spacial score (nSPS) is 18.4. The van der Waals surface area contributed by atoms with Crippen LogP contribution in [-0.2, 0) is 27.5 Å². The predicted molar refractivity (Wildman–Crippen MR) is 100 cm³/mol. The highest BCUT2D eigenvalue weighted by Gasteiger charge is 2.41. The number of carbonyl (C=O) groups is 1. The smallest absolute Gasteiger partial charge is 0.349 e. The number of thioether (sulfide) groups is 1. The summed E-state index contributed by atoms with van der Waals surface area (Å²) >= 11 is 2.65. The molecular weight excluding hydrogens is 435 g/mol. The van der Waals surface area contributed by atoms with Crippen LogP contribution in [0.3, 0.4) is 0 Å². The van der Waals surface area contributed by atoms with Crippen LogP contribution >= 0.6 is 23.1 Å². The molecule has 28 heavy (non-hydrogen) atoms. The van der Waals surface area contributed by atoms with Gasteiger partial charge in [0.2, 0.25) is 15.9 Å². The van der Waals surface area contributed by atoms with Gasteiger partial charge >= 0.3 is 6.18 Å². The molecule has 152 valence electrons. The Morgan fingerprint density at radius 2 is 2.14 bits per heavy atom. The molecule has 1 amide bonds. The largest absolute Gasteiger partial charge is 0.416 e. The molecule has 1 unspecified atom stereocenters. The molecule has 1 aromatic carbocycles. The molecule has 1 aliphatic rings. The fourth-order valence-electron chi connectivity index (χ4n) is 2.62. The maximum atomic E-state index is 12.9. The SMILES string of the molecule is Cc1nc(CNC(=O)C2CSCN2S(=O)(=O)c2cccc(C(F)(F)F)c2)cs1. The van der Waals surface area contributed by atoms with Crippen molar-refractivity contribution in [3.05, 3.63) is 45.9 Å². The van der Waals surface area contributed by atoms with Gasteiger partial charge in [0.15, 0.2) is 0 Å². The number of sulfonamides is 1. The molecule has 1 aromatic heterocycles. The summed E-state index contributed by atoms with van der Waals surface area (Å²) in [4.78, 5) is 16.2. The first-order chi connectivity index (χ1) is 13.1. The van der Waals surface area contributed by atoms with E-state index in [0.29, 0.717) is 11.8 Å². The maximum absolute atomic E-state index is 12.9. The van der Waals surface area contributed by atoms with Crippen LogP contribution in [0.1, 0.15) is 16.3 Å². The molecule has 0 spiro atoms. The number of nitrogens with one attached hydrogen (secondary N) is 1. The van der Waals surface area contributed by atoms with Crippen LogP contribution in [0.4, 0.5) is 13.2 Å². The predicted octanol–water partition coefficient (Wildman–Crippen LogP) is 2.85. The molecule has 1 N–H and O–H groups in total. The number of hydrogen-bond donors (Lipinski definition) is 1. The van der Waals surface area contributed by atoms with E-state index in [-0.39, 0.29) is 18.2 Å². The number of aryl methyl sites for hydroxylation is 1. The van der Waals surface area contributed by atoms with Gasteiger partial charge in [0, 0.05) is 11.1 Å². The van der Waals surface area contributed by atoms with Crippen molar-refractivity contribution in [1.82, 2.24) is 14.6 Å². The van der Waals surface area contributed by atoms with Crippen LogP contribution in [-0.4, -0.2) is 41.3 Å². The number of thiazole rings is 1. The first-order valence-electron chi connectivity index (χ1n) is 8.04. The number of amides is 1. The van der Waals surface area contributed by atoms with Gasteiger partial charge in [0.1, 0.15) is 6.04 Å². The van der Waals surface area contributed by atoms with Gasteiger partial charge in [-0.3, -0.25) is 4.79 Å². The van der Waals surface area contributed by atoms with Crippen molar-refractivity contribution in [2.24, 2.45) is 0 Å². The number of benzene rings is 1. The number of halogens is 3. The highest BCUT2D eigenvalue weighted by Crippen LogP contribution is 2.33. The number of nitrogens with zero attached hydrogens (tertiary/aromatic N) is 2. The van der Waals surface area contributed by atoms with Crippen molar-refractivity contribution in [2.45, 2.75) is 30.6 Å². The van der Waals surface area contributed by atoms with Crippen LogP contribution in [0.2, 0.25) is 0 Å². The summed E-state index contributed by atoms with van der Waals surface area (Å²) in [5.41, 5.74) is -0.394. The fourth-order valence-corrected chi connectivity index (χ4v) is 6.43. The van der Waals surface area contributed by atoms with E-state index in [1.54, 1.807) is 5.38 Å². The van der Waals surface area contributed by atoms with Crippen LogP contribution < -0.4 is 5.32 Å². The summed E-state index contributed by atoms with van der Waals surface area (Å²) in [6.07, 6.45) is -4.66. The number of hydrogen-bond acceptors (Lipinski definition) is 6. The van der Waals surface area contributed by atoms with Crippen molar-refractivity contribution in [3.63, 3.8) is 0 Å². The fraction of sp³-hybridized carbons (Fsp3) is 0.375. The Kier molecular flexibility index (Phi) is 6.03. The second kappa shape index (κ2) is 8.01. The number of rotatable bonds is 5. The van der Waals surface area contributed by atoms with E-state index < -0.39 is 38.6 Å². The standard InChI is InChI=1S/C16H16F3N3O3S3/c1-10-21-12(7-27-10)6-20-15(23)14-8-26-9-22(14)28(24,25)13-4-2-3-11(5-13)16(17,18)19/h2-5,7,14H,6,8-9H2,1H3,(H,20,23). The molecule has 1 saturated heterocycles. The molecule has 0 saturated carbocycles. The quantitative estimate of drug-likeness (QED) is 0.756. The Bertz CT molecular complexity index is 976. The van der Waals surface area contributed by atoms with Crippen LogP contribution in [0.25, 0.3) is 0 Å². The second-order valence-electron chi connectivity index (χ2n) is 6.01. The molecule has 2 heterocycles. The lowest BCUT2D eigenvalue weighted by atomic mass is 10.2. The summed E-state index contributed by atoms with van der Waals surface area (Å²) in [6, 6.07) is 2.53. The minimum Gasteiger partial charge on any atom is -0.349 e. The zero-order valence-electron chi connectivity index (χ0n) is 14.6. The summed E-state index contributed by atoms with van der Waals surface area (Å²) in [5.74, 6) is -0.293.